The maximum absolute atomic E-state index is 12.2. The predicted octanol–water partition coefficient (Wildman–Crippen LogP) is 4.17. The SMILES string of the molecule is O=C1CSC(c2cccnc2)N1c1ccc(Cl)c(Cl)c1. The molecule has 0 N–H and O–H groups in total. The van der Waals surface area contributed by atoms with E-state index in [9.17, 15) is 4.79 Å². The Labute approximate surface area is 130 Å². The average Bonchev–Trinajstić information content (AvgIpc) is 2.85. The van der Waals surface area contributed by atoms with Crippen LogP contribution in [0.3, 0.4) is 0 Å². The average molecular weight is 325 g/mol. The summed E-state index contributed by atoms with van der Waals surface area (Å²) in [7, 11) is 0. The summed E-state index contributed by atoms with van der Waals surface area (Å²) < 4.78 is 0. The highest BCUT2D eigenvalue weighted by atomic mass is 35.5. The number of carbonyl (C=O) groups excluding carboxylic acids is 1. The van der Waals surface area contributed by atoms with Crippen molar-refractivity contribution in [3.05, 3.63) is 58.3 Å². The van der Waals surface area contributed by atoms with Crippen LogP contribution in [-0.4, -0.2) is 16.6 Å². The number of hydrogen-bond donors (Lipinski definition) is 0. The summed E-state index contributed by atoms with van der Waals surface area (Å²) in [6, 6.07) is 9.06. The van der Waals surface area contributed by atoms with E-state index in [1.165, 1.54) is 0 Å². The van der Waals surface area contributed by atoms with Gasteiger partial charge in [-0.15, -0.1) is 11.8 Å². The van der Waals surface area contributed by atoms with Crippen LogP contribution in [0.5, 0.6) is 0 Å². The number of nitrogens with zero attached hydrogens (tertiary/aromatic N) is 2. The third kappa shape index (κ3) is 2.51. The van der Waals surface area contributed by atoms with Crippen molar-refractivity contribution < 1.29 is 4.79 Å². The third-order valence-electron chi connectivity index (χ3n) is 3.02. The molecule has 0 saturated carbocycles. The predicted molar refractivity (Wildman–Crippen MR) is 83.4 cm³/mol. The van der Waals surface area contributed by atoms with Gasteiger partial charge in [0.05, 0.1) is 15.8 Å². The molecule has 1 aliphatic heterocycles. The molecule has 102 valence electrons. The lowest BCUT2D eigenvalue weighted by Gasteiger charge is -2.24. The number of anilines is 1. The van der Waals surface area contributed by atoms with Crippen LogP contribution in [0.25, 0.3) is 0 Å². The number of benzene rings is 1. The zero-order valence-electron chi connectivity index (χ0n) is 10.3. The van der Waals surface area contributed by atoms with Crippen LogP contribution in [0.4, 0.5) is 5.69 Å². The first-order chi connectivity index (χ1) is 9.66. The lowest BCUT2D eigenvalue weighted by atomic mass is 10.2. The van der Waals surface area contributed by atoms with E-state index in [-0.39, 0.29) is 11.3 Å². The van der Waals surface area contributed by atoms with Gasteiger partial charge in [-0.25, -0.2) is 0 Å². The minimum Gasteiger partial charge on any atom is -0.295 e. The smallest absolute Gasteiger partial charge is 0.238 e. The molecular weight excluding hydrogens is 315 g/mol. The van der Waals surface area contributed by atoms with Crippen LogP contribution >= 0.6 is 35.0 Å². The number of hydrogen-bond acceptors (Lipinski definition) is 3. The van der Waals surface area contributed by atoms with Gasteiger partial charge in [-0.2, -0.15) is 0 Å². The number of thioether (sulfide) groups is 1. The Bertz CT molecular complexity index is 651. The quantitative estimate of drug-likeness (QED) is 0.831. The Morgan fingerprint density at radius 1 is 1.25 bits per heavy atom. The second-order valence-electron chi connectivity index (χ2n) is 4.31. The van der Waals surface area contributed by atoms with Gasteiger partial charge in [-0.05, 0) is 24.3 Å². The molecule has 1 aliphatic rings. The summed E-state index contributed by atoms with van der Waals surface area (Å²) in [5.41, 5.74) is 1.75. The first-order valence-electron chi connectivity index (χ1n) is 5.95. The van der Waals surface area contributed by atoms with Gasteiger partial charge in [0.25, 0.3) is 0 Å². The fourth-order valence-electron chi connectivity index (χ4n) is 2.11. The van der Waals surface area contributed by atoms with Crippen molar-refractivity contribution in [1.29, 1.82) is 0 Å². The maximum Gasteiger partial charge on any atom is 0.238 e. The van der Waals surface area contributed by atoms with Gasteiger partial charge in [0, 0.05) is 23.6 Å². The van der Waals surface area contributed by atoms with Crippen molar-refractivity contribution in [3.8, 4) is 0 Å². The number of halogens is 2. The van der Waals surface area contributed by atoms with Crippen LogP contribution in [-0.2, 0) is 4.79 Å². The number of rotatable bonds is 2. The van der Waals surface area contributed by atoms with E-state index < -0.39 is 0 Å². The summed E-state index contributed by atoms with van der Waals surface area (Å²) in [5.74, 6) is 0.502. The van der Waals surface area contributed by atoms with Gasteiger partial charge in [0.15, 0.2) is 0 Å². The van der Waals surface area contributed by atoms with E-state index >= 15 is 0 Å². The second kappa shape index (κ2) is 5.64. The second-order valence-corrected chi connectivity index (χ2v) is 6.19. The topological polar surface area (TPSA) is 33.2 Å². The molecule has 3 nitrogen and oxygen atoms in total. The number of aromatic nitrogens is 1. The standard InChI is InChI=1S/C14H10Cl2N2OS/c15-11-4-3-10(6-12(11)16)18-13(19)8-20-14(18)9-2-1-5-17-7-9/h1-7,14H,8H2. The summed E-state index contributed by atoms with van der Waals surface area (Å²) in [6.07, 6.45) is 3.50. The van der Waals surface area contributed by atoms with Gasteiger partial charge >= 0.3 is 0 Å². The Morgan fingerprint density at radius 2 is 2.10 bits per heavy atom. The number of pyridine rings is 1. The molecule has 1 atom stereocenters. The molecule has 0 aliphatic carbocycles. The molecule has 1 fully saturated rings. The molecule has 1 amide bonds. The van der Waals surface area contributed by atoms with Gasteiger partial charge in [-0.3, -0.25) is 14.7 Å². The molecule has 3 rings (SSSR count). The fraction of sp³-hybridized carbons (Fsp3) is 0.143. The van der Waals surface area contributed by atoms with Gasteiger partial charge in [0.1, 0.15) is 5.37 Å². The molecule has 0 radical (unpaired) electrons. The highest BCUT2D eigenvalue weighted by molar-refractivity contribution is 8.00. The van der Waals surface area contributed by atoms with Gasteiger partial charge < -0.3 is 0 Å². The van der Waals surface area contributed by atoms with Crippen LogP contribution in [0.15, 0.2) is 42.7 Å². The van der Waals surface area contributed by atoms with E-state index in [2.05, 4.69) is 4.98 Å². The van der Waals surface area contributed by atoms with E-state index in [4.69, 9.17) is 23.2 Å². The van der Waals surface area contributed by atoms with Gasteiger partial charge in [0.2, 0.25) is 5.91 Å². The highest BCUT2D eigenvalue weighted by Crippen LogP contribution is 2.42. The molecule has 2 heterocycles. The molecule has 20 heavy (non-hydrogen) atoms. The number of carbonyl (C=O) groups is 1. The molecule has 1 aromatic carbocycles. The molecule has 6 heteroatoms. The first-order valence-corrected chi connectivity index (χ1v) is 7.76. The summed E-state index contributed by atoms with van der Waals surface area (Å²) in [5, 5.41) is 0.847. The van der Waals surface area contributed by atoms with Crippen LogP contribution < -0.4 is 4.90 Å². The van der Waals surface area contributed by atoms with E-state index in [0.29, 0.717) is 15.8 Å². The van der Waals surface area contributed by atoms with Crippen molar-refractivity contribution in [1.82, 2.24) is 4.98 Å². The monoisotopic (exact) mass is 324 g/mol. The molecular formula is C14H10Cl2N2OS. The Hall–Kier alpha value is -1.23. The minimum atomic E-state index is -0.0755. The molecule has 1 unspecified atom stereocenters. The van der Waals surface area contributed by atoms with Crippen LogP contribution in [0, 0.1) is 0 Å². The highest BCUT2D eigenvalue weighted by Gasteiger charge is 2.34. The Morgan fingerprint density at radius 3 is 2.80 bits per heavy atom. The normalized spacial score (nSPS) is 18.6. The maximum atomic E-state index is 12.2. The van der Waals surface area contributed by atoms with Crippen molar-refractivity contribution in [2.75, 3.05) is 10.7 Å². The lowest BCUT2D eigenvalue weighted by Crippen LogP contribution is -2.27. The Balaban J connectivity index is 2.00. The van der Waals surface area contributed by atoms with Crippen LogP contribution in [0.2, 0.25) is 10.0 Å². The van der Waals surface area contributed by atoms with Crippen molar-refractivity contribution in [2.24, 2.45) is 0 Å². The van der Waals surface area contributed by atoms with Gasteiger partial charge in [-0.1, -0.05) is 29.3 Å². The fourth-order valence-corrected chi connectivity index (χ4v) is 3.56. The van der Waals surface area contributed by atoms with Crippen LogP contribution in [0.1, 0.15) is 10.9 Å². The summed E-state index contributed by atoms with van der Waals surface area (Å²) >= 11 is 13.5. The molecule has 0 bridgehead atoms. The van der Waals surface area contributed by atoms with E-state index in [0.717, 1.165) is 11.3 Å². The van der Waals surface area contributed by atoms with E-state index in [1.54, 1.807) is 47.3 Å². The van der Waals surface area contributed by atoms with E-state index in [1.807, 2.05) is 12.1 Å². The lowest BCUT2D eigenvalue weighted by molar-refractivity contribution is -0.115. The molecule has 0 spiro atoms. The minimum absolute atomic E-state index is 0.0576. The number of amides is 1. The zero-order chi connectivity index (χ0) is 14.1. The van der Waals surface area contributed by atoms with Crippen molar-refractivity contribution in [3.63, 3.8) is 0 Å². The summed E-state index contributed by atoms with van der Waals surface area (Å²) in [4.78, 5) is 18.0. The summed E-state index contributed by atoms with van der Waals surface area (Å²) in [6.45, 7) is 0. The Kier molecular flexibility index (Phi) is 3.87. The van der Waals surface area contributed by atoms with Crippen molar-refractivity contribution >= 4 is 46.6 Å². The third-order valence-corrected chi connectivity index (χ3v) is 4.97. The molecule has 1 saturated heterocycles. The molecule has 1 aromatic heterocycles. The molecule has 2 aromatic rings. The first kappa shape index (κ1) is 13.7. The zero-order valence-corrected chi connectivity index (χ0v) is 12.6. The van der Waals surface area contributed by atoms with Crippen molar-refractivity contribution in [2.45, 2.75) is 5.37 Å². The largest absolute Gasteiger partial charge is 0.295 e.